The summed E-state index contributed by atoms with van der Waals surface area (Å²) < 4.78 is 5.52. The van der Waals surface area contributed by atoms with Crippen molar-refractivity contribution in [1.29, 1.82) is 0 Å². The summed E-state index contributed by atoms with van der Waals surface area (Å²) in [4.78, 5) is 7.89. The Morgan fingerprint density at radius 2 is 1.94 bits per heavy atom. The minimum atomic E-state index is 0.474. The van der Waals surface area contributed by atoms with Crippen LogP contribution in [0.2, 0.25) is 5.15 Å². The van der Waals surface area contributed by atoms with Gasteiger partial charge in [-0.3, -0.25) is 4.98 Å². The van der Waals surface area contributed by atoms with Gasteiger partial charge in [-0.25, -0.2) is 4.98 Å². The highest BCUT2D eigenvalue weighted by molar-refractivity contribution is 6.29. The molecule has 0 aliphatic rings. The third-order valence-electron chi connectivity index (χ3n) is 2.11. The molecule has 2 heterocycles. The summed E-state index contributed by atoms with van der Waals surface area (Å²) in [6, 6.07) is 7.47. The largest absolute Gasteiger partial charge is 0.492 e. The standard InChI is InChI=1S/C12H11ClN2O/c13-12-2-1-11(9-15-12)16-8-5-10-3-6-14-7-4-10/h1-4,6-7,9H,5,8H2. The topological polar surface area (TPSA) is 35.0 Å². The molecule has 0 atom stereocenters. The molecular formula is C12H11ClN2O. The number of pyridine rings is 2. The molecule has 0 amide bonds. The molecule has 82 valence electrons. The second-order valence-corrected chi connectivity index (χ2v) is 3.66. The Kier molecular flexibility index (Phi) is 3.72. The Balaban J connectivity index is 1.82. The van der Waals surface area contributed by atoms with Crippen LogP contribution in [0, 0.1) is 0 Å². The molecule has 0 spiro atoms. The number of hydrogen-bond donors (Lipinski definition) is 0. The van der Waals surface area contributed by atoms with Crippen molar-refractivity contribution in [3.05, 3.63) is 53.6 Å². The van der Waals surface area contributed by atoms with E-state index in [9.17, 15) is 0 Å². The second kappa shape index (κ2) is 5.47. The van der Waals surface area contributed by atoms with Gasteiger partial charge < -0.3 is 4.74 Å². The van der Waals surface area contributed by atoms with Gasteiger partial charge in [0.1, 0.15) is 10.9 Å². The van der Waals surface area contributed by atoms with Crippen LogP contribution in [0.25, 0.3) is 0 Å². The fraction of sp³-hybridized carbons (Fsp3) is 0.167. The van der Waals surface area contributed by atoms with Gasteiger partial charge in [-0.2, -0.15) is 0 Å². The van der Waals surface area contributed by atoms with Crippen molar-refractivity contribution in [2.24, 2.45) is 0 Å². The first-order valence-electron chi connectivity index (χ1n) is 4.98. The van der Waals surface area contributed by atoms with E-state index in [0.29, 0.717) is 11.8 Å². The molecule has 0 fully saturated rings. The molecule has 16 heavy (non-hydrogen) atoms. The maximum absolute atomic E-state index is 5.67. The Morgan fingerprint density at radius 3 is 2.62 bits per heavy atom. The van der Waals surface area contributed by atoms with Crippen LogP contribution in [0.15, 0.2) is 42.9 Å². The van der Waals surface area contributed by atoms with Gasteiger partial charge in [0.15, 0.2) is 0 Å². The third-order valence-corrected chi connectivity index (χ3v) is 2.33. The lowest BCUT2D eigenvalue weighted by Gasteiger charge is -2.05. The molecule has 0 aliphatic heterocycles. The fourth-order valence-corrected chi connectivity index (χ4v) is 1.40. The number of halogens is 1. The van der Waals surface area contributed by atoms with Crippen molar-refractivity contribution >= 4 is 11.6 Å². The summed E-state index contributed by atoms with van der Waals surface area (Å²) in [6.07, 6.45) is 6.03. The number of ether oxygens (including phenoxy) is 1. The molecule has 0 aliphatic carbocycles. The molecule has 4 heteroatoms. The molecular weight excluding hydrogens is 224 g/mol. The van der Waals surface area contributed by atoms with E-state index >= 15 is 0 Å². The Labute approximate surface area is 99.1 Å². The monoisotopic (exact) mass is 234 g/mol. The zero-order valence-electron chi connectivity index (χ0n) is 8.64. The summed E-state index contributed by atoms with van der Waals surface area (Å²) in [5, 5.41) is 0.474. The number of hydrogen-bond acceptors (Lipinski definition) is 3. The molecule has 0 radical (unpaired) electrons. The lowest BCUT2D eigenvalue weighted by atomic mass is 10.2. The van der Waals surface area contributed by atoms with E-state index in [-0.39, 0.29) is 0 Å². The maximum Gasteiger partial charge on any atom is 0.137 e. The van der Waals surface area contributed by atoms with E-state index in [4.69, 9.17) is 16.3 Å². The quantitative estimate of drug-likeness (QED) is 0.763. The first-order valence-corrected chi connectivity index (χ1v) is 5.35. The highest BCUT2D eigenvalue weighted by atomic mass is 35.5. The SMILES string of the molecule is Clc1ccc(OCCc2ccncc2)cn1. The third kappa shape index (κ3) is 3.21. The molecule has 0 bridgehead atoms. The smallest absolute Gasteiger partial charge is 0.137 e. The van der Waals surface area contributed by atoms with Crippen molar-refractivity contribution < 1.29 is 4.74 Å². The van der Waals surface area contributed by atoms with Crippen molar-refractivity contribution in [3.63, 3.8) is 0 Å². The van der Waals surface area contributed by atoms with Crippen LogP contribution < -0.4 is 4.74 Å². The zero-order valence-corrected chi connectivity index (χ0v) is 9.39. The van der Waals surface area contributed by atoms with Gasteiger partial charge in [-0.05, 0) is 29.8 Å². The number of nitrogens with zero attached hydrogens (tertiary/aromatic N) is 2. The summed E-state index contributed by atoms with van der Waals surface area (Å²) >= 11 is 5.67. The zero-order chi connectivity index (χ0) is 11.2. The van der Waals surface area contributed by atoms with Crippen LogP contribution in [0.5, 0.6) is 5.75 Å². The van der Waals surface area contributed by atoms with Crippen molar-refractivity contribution in [2.45, 2.75) is 6.42 Å². The number of aromatic nitrogens is 2. The second-order valence-electron chi connectivity index (χ2n) is 3.27. The lowest BCUT2D eigenvalue weighted by Crippen LogP contribution is -2.01. The van der Waals surface area contributed by atoms with Crippen LogP contribution in [-0.2, 0) is 6.42 Å². The van der Waals surface area contributed by atoms with E-state index in [2.05, 4.69) is 9.97 Å². The fourth-order valence-electron chi connectivity index (χ4n) is 1.28. The lowest BCUT2D eigenvalue weighted by molar-refractivity contribution is 0.320. The maximum atomic E-state index is 5.67. The van der Waals surface area contributed by atoms with Gasteiger partial charge in [-0.15, -0.1) is 0 Å². The first kappa shape index (κ1) is 10.9. The molecule has 2 aromatic heterocycles. The molecule has 0 saturated heterocycles. The summed E-state index contributed by atoms with van der Waals surface area (Å²) in [5.74, 6) is 0.735. The van der Waals surface area contributed by atoms with Crippen molar-refractivity contribution in [2.75, 3.05) is 6.61 Å². The van der Waals surface area contributed by atoms with Gasteiger partial charge in [0.2, 0.25) is 0 Å². The number of rotatable bonds is 4. The van der Waals surface area contributed by atoms with E-state index in [1.54, 1.807) is 24.7 Å². The Hall–Kier alpha value is -1.61. The highest BCUT2D eigenvalue weighted by Crippen LogP contribution is 2.12. The van der Waals surface area contributed by atoms with Gasteiger partial charge in [0, 0.05) is 18.8 Å². The predicted octanol–water partition coefficient (Wildman–Crippen LogP) is 2.75. The van der Waals surface area contributed by atoms with E-state index in [0.717, 1.165) is 12.2 Å². The van der Waals surface area contributed by atoms with Crippen LogP contribution in [0.4, 0.5) is 0 Å². The van der Waals surface area contributed by atoms with E-state index in [1.807, 2.05) is 18.2 Å². The molecule has 0 unspecified atom stereocenters. The molecule has 3 nitrogen and oxygen atoms in total. The van der Waals surface area contributed by atoms with Crippen LogP contribution in [0.3, 0.4) is 0 Å². The van der Waals surface area contributed by atoms with Gasteiger partial charge in [0.05, 0.1) is 12.8 Å². The minimum absolute atomic E-state index is 0.474. The summed E-state index contributed by atoms with van der Waals surface area (Å²) in [7, 11) is 0. The van der Waals surface area contributed by atoms with Crippen molar-refractivity contribution in [3.8, 4) is 5.75 Å². The molecule has 0 saturated carbocycles. The van der Waals surface area contributed by atoms with Crippen LogP contribution in [-0.4, -0.2) is 16.6 Å². The Morgan fingerprint density at radius 1 is 1.12 bits per heavy atom. The molecule has 2 aromatic rings. The van der Waals surface area contributed by atoms with Gasteiger partial charge >= 0.3 is 0 Å². The van der Waals surface area contributed by atoms with E-state index < -0.39 is 0 Å². The Bertz CT molecular complexity index is 431. The van der Waals surface area contributed by atoms with Gasteiger partial charge in [0.25, 0.3) is 0 Å². The minimum Gasteiger partial charge on any atom is -0.492 e. The first-order chi connectivity index (χ1) is 7.84. The summed E-state index contributed by atoms with van der Waals surface area (Å²) in [6.45, 7) is 0.618. The van der Waals surface area contributed by atoms with E-state index in [1.165, 1.54) is 5.56 Å². The predicted molar refractivity (Wildman–Crippen MR) is 62.7 cm³/mol. The summed E-state index contributed by atoms with van der Waals surface area (Å²) in [5.41, 5.74) is 1.21. The molecule has 2 rings (SSSR count). The average Bonchev–Trinajstić information content (AvgIpc) is 2.33. The normalized spacial score (nSPS) is 10.1. The van der Waals surface area contributed by atoms with Crippen LogP contribution >= 0.6 is 11.6 Å². The van der Waals surface area contributed by atoms with Crippen molar-refractivity contribution in [1.82, 2.24) is 9.97 Å². The van der Waals surface area contributed by atoms with Crippen LogP contribution in [0.1, 0.15) is 5.56 Å². The molecule has 0 aromatic carbocycles. The average molecular weight is 235 g/mol. The highest BCUT2D eigenvalue weighted by Gasteiger charge is 1.96. The molecule has 0 N–H and O–H groups in total. The van der Waals surface area contributed by atoms with Gasteiger partial charge in [-0.1, -0.05) is 11.6 Å².